The largest absolute Gasteiger partial charge is 0.263 e. The lowest BCUT2D eigenvalue weighted by molar-refractivity contribution is 0.426. The summed E-state index contributed by atoms with van der Waals surface area (Å²) in [7, 11) is 0. The number of hydrogen-bond acceptors (Lipinski definition) is 0. The summed E-state index contributed by atoms with van der Waals surface area (Å²) in [5.74, 6) is 0. The van der Waals surface area contributed by atoms with E-state index in [-0.39, 0.29) is 0 Å². The highest BCUT2D eigenvalue weighted by Crippen LogP contribution is 1.85. The van der Waals surface area contributed by atoms with Crippen molar-refractivity contribution >= 4 is 0 Å². The average Bonchev–Trinajstić information content (AvgIpc) is 1.33. The van der Waals surface area contributed by atoms with Crippen molar-refractivity contribution in [3.8, 4) is 0 Å². The first-order valence-corrected chi connectivity index (χ1v) is 2.15. The highest BCUT2D eigenvalue weighted by Gasteiger charge is 1.65. The van der Waals surface area contributed by atoms with E-state index in [1.165, 1.54) is 6.42 Å². The van der Waals surface area contributed by atoms with E-state index in [4.69, 9.17) is 0 Å². The summed E-state index contributed by atoms with van der Waals surface area (Å²) < 4.78 is 20.3. The average molecular weight is 108 g/mol. The van der Waals surface area contributed by atoms with Gasteiger partial charge in [0.1, 0.15) is 0 Å². The Morgan fingerprint density at radius 3 is 1.43 bits per heavy atom. The van der Waals surface area contributed by atoms with Gasteiger partial charge in [-0.3, -0.25) is 0 Å². The SMILES string of the molecule is C=C(F)F.CCC. The molecule has 7 heavy (non-hydrogen) atoms. The van der Waals surface area contributed by atoms with E-state index in [1.807, 2.05) is 0 Å². The van der Waals surface area contributed by atoms with E-state index < -0.39 is 6.08 Å². The first kappa shape index (κ1) is 9.78. The van der Waals surface area contributed by atoms with E-state index in [0.717, 1.165) is 0 Å². The van der Waals surface area contributed by atoms with Crippen LogP contribution in [0.3, 0.4) is 0 Å². The predicted molar refractivity (Wildman–Crippen MR) is 27.3 cm³/mol. The van der Waals surface area contributed by atoms with Gasteiger partial charge in [0, 0.05) is 0 Å². The Labute approximate surface area is 42.8 Å². The van der Waals surface area contributed by atoms with Crippen LogP contribution in [-0.4, -0.2) is 0 Å². The summed E-state index contributed by atoms with van der Waals surface area (Å²) in [5.41, 5.74) is 0. The van der Waals surface area contributed by atoms with Crippen LogP contribution in [0.4, 0.5) is 8.78 Å². The van der Waals surface area contributed by atoms with E-state index in [9.17, 15) is 8.78 Å². The maximum Gasteiger partial charge on any atom is 0.263 e. The maximum atomic E-state index is 10.1. The van der Waals surface area contributed by atoms with Gasteiger partial charge in [-0.2, -0.15) is 8.78 Å². The quantitative estimate of drug-likeness (QED) is 0.447. The van der Waals surface area contributed by atoms with Gasteiger partial charge in [0.05, 0.1) is 0 Å². The van der Waals surface area contributed by atoms with Gasteiger partial charge in [0.15, 0.2) is 0 Å². The molecule has 0 saturated heterocycles. The van der Waals surface area contributed by atoms with Crippen LogP contribution in [0.25, 0.3) is 0 Å². The van der Waals surface area contributed by atoms with Crippen LogP contribution in [0.5, 0.6) is 0 Å². The van der Waals surface area contributed by atoms with Crippen molar-refractivity contribution in [2.24, 2.45) is 0 Å². The standard InChI is InChI=1S/C3H8.C2H2F2/c1-3-2;1-2(3)4/h3H2,1-2H3;1H2. The molecule has 0 amide bonds. The molecule has 0 saturated carbocycles. The summed E-state index contributed by atoms with van der Waals surface area (Å²) in [6.45, 7) is 6.47. The molecule has 0 aliphatic carbocycles. The molecule has 0 atom stereocenters. The van der Waals surface area contributed by atoms with Crippen molar-refractivity contribution in [2.75, 3.05) is 0 Å². The van der Waals surface area contributed by atoms with Gasteiger partial charge in [0.2, 0.25) is 0 Å². The topological polar surface area (TPSA) is 0 Å². The fraction of sp³-hybridized carbons (Fsp3) is 0.600. The molecule has 0 unspecified atom stereocenters. The van der Waals surface area contributed by atoms with Gasteiger partial charge in [0.25, 0.3) is 6.08 Å². The second kappa shape index (κ2) is 9.14. The molecule has 0 aliphatic rings. The minimum atomic E-state index is -1.83. The molecule has 0 fully saturated rings. The zero-order valence-electron chi connectivity index (χ0n) is 4.67. The van der Waals surface area contributed by atoms with Crippen molar-refractivity contribution in [2.45, 2.75) is 20.3 Å². The summed E-state index contributed by atoms with van der Waals surface area (Å²) in [6, 6.07) is 0. The van der Waals surface area contributed by atoms with E-state index >= 15 is 0 Å². The van der Waals surface area contributed by atoms with Gasteiger partial charge in [-0.15, -0.1) is 0 Å². The molecule has 0 rings (SSSR count). The van der Waals surface area contributed by atoms with Crippen molar-refractivity contribution in [3.63, 3.8) is 0 Å². The van der Waals surface area contributed by atoms with E-state index in [0.29, 0.717) is 0 Å². The molecule has 0 spiro atoms. The Morgan fingerprint density at radius 1 is 1.43 bits per heavy atom. The Morgan fingerprint density at radius 2 is 1.43 bits per heavy atom. The molecule has 0 N–H and O–H groups in total. The van der Waals surface area contributed by atoms with Crippen LogP contribution in [0, 0.1) is 0 Å². The Kier molecular flexibility index (Phi) is 12.8. The number of rotatable bonds is 0. The van der Waals surface area contributed by atoms with Gasteiger partial charge in [-0.05, 0) is 6.58 Å². The molecule has 0 heterocycles. The lowest BCUT2D eigenvalue weighted by Crippen LogP contribution is -1.33. The highest BCUT2D eigenvalue weighted by atomic mass is 19.3. The predicted octanol–water partition coefficient (Wildman–Crippen LogP) is 2.81. The number of hydrogen-bond donors (Lipinski definition) is 0. The highest BCUT2D eigenvalue weighted by molar-refractivity contribution is 4.57. The number of halogens is 2. The molecule has 2 heteroatoms. The molecule has 0 nitrogen and oxygen atoms in total. The zero-order chi connectivity index (χ0) is 6.28. The third-order valence-corrected chi connectivity index (χ3v) is 0. The lowest BCUT2D eigenvalue weighted by Gasteiger charge is -1.54. The summed E-state index contributed by atoms with van der Waals surface area (Å²) in [4.78, 5) is 0. The zero-order valence-corrected chi connectivity index (χ0v) is 4.67. The van der Waals surface area contributed by atoms with Crippen molar-refractivity contribution in [1.82, 2.24) is 0 Å². The summed E-state index contributed by atoms with van der Waals surface area (Å²) in [5, 5.41) is 0. The van der Waals surface area contributed by atoms with Crippen LogP contribution in [0.1, 0.15) is 20.3 Å². The monoisotopic (exact) mass is 108 g/mol. The Hall–Kier alpha value is -0.400. The van der Waals surface area contributed by atoms with Gasteiger partial charge >= 0.3 is 0 Å². The van der Waals surface area contributed by atoms with Crippen LogP contribution in [-0.2, 0) is 0 Å². The maximum absolute atomic E-state index is 10.1. The molecular weight excluding hydrogens is 98.1 g/mol. The summed E-state index contributed by atoms with van der Waals surface area (Å²) >= 11 is 0. The molecule has 0 radical (unpaired) electrons. The van der Waals surface area contributed by atoms with Crippen LogP contribution in [0.2, 0.25) is 0 Å². The van der Waals surface area contributed by atoms with Gasteiger partial charge in [-0.25, -0.2) is 0 Å². The van der Waals surface area contributed by atoms with Gasteiger partial charge in [-0.1, -0.05) is 20.3 Å². The third-order valence-electron chi connectivity index (χ3n) is 0. The third kappa shape index (κ3) is 454. The molecule has 0 aromatic rings. The molecule has 0 aromatic heterocycles. The molecule has 0 bridgehead atoms. The van der Waals surface area contributed by atoms with Crippen LogP contribution in [0.15, 0.2) is 12.7 Å². The van der Waals surface area contributed by atoms with E-state index in [2.05, 4.69) is 20.4 Å². The van der Waals surface area contributed by atoms with E-state index in [1.54, 1.807) is 0 Å². The fourth-order valence-corrected chi connectivity index (χ4v) is 0. The minimum absolute atomic E-state index is 1.25. The van der Waals surface area contributed by atoms with Crippen LogP contribution >= 0.6 is 0 Å². The first-order valence-electron chi connectivity index (χ1n) is 2.15. The minimum Gasteiger partial charge on any atom is -0.174 e. The van der Waals surface area contributed by atoms with Crippen molar-refractivity contribution < 1.29 is 8.78 Å². The molecule has 0 aliphatic heterocycles. The normalized spacial score (nSPS) is 6.29. The Balaban J connectivity index is 0. The first-order chi connectivity index (χ1) is 3.15. The molecule has 44 valence electrons. The fourth-order valence-electron chi connectivity index (χ4n) is 0. The summed E-state index contributed by atoms with van der Waals surface area (Å²) in [6.07, 6.45) is -0.583. The van der Waals surface area contributed by atoms with Crippen molar-refractivity contribution in [3.05, 3.63) is 12.7 Å². The van der Waals surface area contributed by atoms with Gasteiger partial charge < -0.3 is 0 Å². The van der Waals surface area contributed by atoms with Crippen LogP contribution < -0.4 is 0 Å². The molecular formula is C5H10F2. The lowest BCUT2D eigenvalue weighted by atomic mass is 10.6. The molecule has 0 aromatic carbocycles. The van der Waals surface area contributed by atoms with Crippen molar-refractivity contribution in [1.29, 1.82) is 0 Å². The Bertz CT molecular complexity index is 37.3. The second-order valence-corrected chi connectivity index (χ2v) is 1.05. The smallest absolute Gasteiger partial charge is 0.174 e. The second-order valence-electron chi connectivity index (χ2n) is 1.05.